The Morgan fingerprint density at radius 2 is 2.07 bits per heavy atom. The molecule has 0 fully saturated rings. The molecule has 0 bridgehead atoms. The van der Waals surface area contributed by atoms with Crippen molar-refractivity contribution in [1.82, 2.24) is 5.32 Å². The summed E-state index contributed by atoms with van der Waals surface area (Å²) in [4.78, 5) is 11.6. The average Bonchev–Trinajstić information content (AvgIpc) is 2.19. The fourth-order valence-electron chi connectivity index (χ4n) is 1.19. The van der Waals surface area contributed by atoms with E-state index in [1.54, 1.807) is 19.2 Å². The lowest BCUT2D eigenvalue weighted by molar-refractivity contribution is 0.0905. The second kappa shape index (κ2) is 5.40. The van der Waals surface area contributed by atoms with Crippen LogP contribution in [0.5, 0.6) is 0 Å². The quantitative estimate of drug-likeness (QED) is 0.786. The zero-order valence-electron chi connectivity index (χ0n) is 8.49. The van der Waals surface area contributed by atoms with Gasteiger partial charge in [-0.1, -0.05) is 18.2 Å². The Morgan fingerprint density at radius 1 is 1.43 bits per heavy atom. The SMILES string of the molecule is COC[C@@H](C)NC(=O)c1ccccc1. The van der Waals surface area contributed by atoms with Crippen LogP contribution in [0.4, 0.5) is 0 Å². The normalized spacial score (nSPS) is 12.1. The molecular formula is C11H15NO2. The predicted molar refractivity (Wildman–Crippen MR) is 55.2 cm³/mol. The molecule has 0 saturated heterocycles. The number of rotatable bonds is 4. The summed E-state index contributed by atoms with van der Waals surface area (Å²) in [5.41, 5.74) is 0.676. The Hall–Kier alpha value is -1.35. The highest BCUT2D eigenvalue weighted by atomic mass is 16.5. The first-order valence-electron chi connectivity index (χ1n) is 4.59. The van der Waals surface area contributed by atoms with E-state index in [1.165, 1.54) is 0 Å². The molecular weight excluding hydrogens is 178 g/mol. The second-order valence-electron chi connectivity index (χ2n) is 3.20. The summed E-state index contributed by atoms with van der Waals surface area (Å²) in [6.07, 6.45) is 0. The summed E-state index contributed by atoms with van der Waals surface area (Å²) in [6, 6.07) is 9.18. The van der Waals surface area contributed by atoms with Crippen molar-refractivity contribution < 1.29 is 9.53 Å². The summed E-state index contributed by atoms with van der Waals surface area (Å²) < 4.78 is 4.93. The average molecular weight is 193 g/mol. The van der Waals surface area contributed by atoms with E-state index < -0.39 is 0 Å². The summed E-state index contributed by atoms with van der Waals surface area (Å²) in [5.74, 6) is -0.0600. The van der Waals surface area contributed by atoms with Gasteiger partial charge < -0.3 is 10.1 Å². The second-order valence-corrected chi connectivity index (χ2v) is 3.20. The number of hydrogen-bond donors (Lipinski definition) is 1. The number of nitrogens with one attached hydrogen (secondary N) is 1. The van der Waals surface area contributed by atoms with Crippen molar-refractivity contribution in [2.75, 3.05) is 13.7 Å². The van der Waals surface area contributed by atoms with Gasteiger partial charge in [0, 0.05) is 18.7 Å². The van der Waals surface area contributed by atoms with Crippen molar-refractivity contribution in [2.24, 2.45) is 0 Å². The minimum absolute atomic E-state index is 0.0349. The largest absolute Gasteiger partial charge is 0.383 e. The maximum Gasteiger partial charge on any atom is 0.251 e. The third-order valence-corrected chi connectivity index (χ3v) is 1.83. The molecule has 1 N–H and O–H groups in total. The van der Waals surface area contributed by atoms with Crippen LogP contribution in [0.1, 0.15) is 17.3 Å². The van der Waals surface area contributed by atoms with Crippen molar-refractivity contribution in [3.05, 3.63) is 35.9 Å². The van der Waals surface area contributed by atoms with Crippen molar-refractivity contribution in [3.63, 3.8) is 0 Å². The smallest absolute Gasteiger partial charge is 0.251 e. The number of hydrogen-bond acceptors (Lipinski definition) is 2. The van der Waals surface area contributed by atoms with Gasteiger partial charge in [0.05, 0.1) is 6.61 Å². The molecule has 1 aromatic carbocycles. The molecule has 3 heteroatoms. The molecule has 1 aromatic rings. The number of methoxy groups -OCH3 is 1. The molecule has 1 amide bonds. The fourth-order valence-corrected chi connectivity index (χ4v) is 1.19. The minimum atomic E-state index is -0.0600. The fraction of sp³-hybridized carbons (Fsp3) is 0.364. The Labute approximate surface area is 84.1 Å². The zero-order chi connectivity index (χ0) is 10.4. The van der Waals surface area contributed by atoms with Crippen LogP contribution in [0, 0.1) is 0 Å². The van der Waals surface area contributed by atoms with Crippen LogP contribution in [0.2, 0.25) is 0 Å². The van der Waals surface area contributed by atoms with Crippen LogP contribution in [-0.4, -0.2) is 25.7 Å². The van der Waals surface area contributed by atoms with Gasteiger partial charge >= 0.3 is 0 Å². The lowest BCUT2D eigenvalue weighted by Crippen LogP contribution is -2.35. The standard InChI is InChI=1S/C11H15NO2/c1-9(8-14-2)12-11(13)10-6-4-3-5-7-10/h3-7,9H,8H2,1-2H3,(H,12,13)/t9-/m1/s1. The number of carbonyl (C=O) groups is 1. The van der Waals surface area contributed by atoms with Crippen LogP contribution in [0.25, 0.3) is 0 Å². The van der Waals surface area contributed by atoms with Gasteiger partial charge in [-0.2, -0.15) is 0 Å². The molecule has 3 nitrogen and oxygen atoms in total. The van der Waals surface area contributed by atoms with Gasteiger partial charge in [0.2, 0.25) is 0 Å². The highest BCUT2D eigenvalue weighted by molar-refractivity contribution is 5.94. The summed E-state index contributed by atoms with van der Waals surface area (Å²) >= 11 is 0. The summed E-state index contributed by atoms with van der Waals surface area (Å²) in [6.45, 7) is 2.43. The van der Waals surface area contributed by atoms with Crippen molar-refractivity contribution >= 4 is 5.91 Å². The first kappa shape index (κ1) is 10.7. The third kappa shape index (κ3) is 3.18. The monoisotopic (exact) mass is 193 g/mol. The molecule has 0 aliphatic carbocycles. The molecule has 0 spiro atoms. The first-order valence-corrected chi connectivity index (χ1v) is 4.59. The minimum Gasteiger partial charge on any atom is -0.383 e. The van der Waals surface area contributed by atoms with E-state index in [1.807, 2.05) is 25.1 Å². The topological polar surface area (TPSA) is 38.3 Å². The Kier molecular flexibility index (Phi) is 4.13. The van der Waals surface area contributed by atoms with Gasteiger partial charge in [0.15, 0.2) is 0 Å². The summed E-state index contributed by atoms with van der Waals surface area (Å²) in [7, 11) is 1.62. The van der Waals surface area contributed by atoms with Gasteiger partial charge in [0.25, 0.3) is 5.91 Å². The molecule has 0 aliphatic heterocycles. The highest BCUT2D eigenvalue weighted by Gasteiger charge is 2.07. The van der Waals surface area contributed by atoms with Gasteiger partial charge in [0.1, 0.15) is 0 Å². The Balaban J connectivity index is 2.51. The molecule has 0 radical (unpaired) electrons. The molecule has 1 rings (SSSR count). The number of ether oxygens (including phenoxy) is 1. The zero-order valence-corrected chi connectivity index (χ0v) is 8.49. The number of carbonyl (C=O) groups excluding carboxylic acids is 1. The third-order valence-electron chi connectivity index (χ3n) is 1.83. The lowest BCUT2D eigenvalue weighted by Gasteiger charge is -2.12. The molecule has 0 aromatic heterocycles. The summed E-state index contributed by atoms with van der Waals surface area (Å²) in [5, 5.41) is 2.83. The molecule has 0 aliphatic rings. The van der Waals surface area contributed by atoms with Crippen molar-refractivity contribution in [2.45, 2.75) is 13.0 Å². The molecule has 14 heavy (non-hydrogen) atoms. The van der Waals surface area contributed by atoms with Gasteiger partial charge in [-0.25, -0.2) is 0 Å². The van der Waals surface area contributed by atoms with Crippen LogP contribution in [-0.2, 0) is 4.74 Å². The van der Waals surface area contributed by atoms with E-state index in [2.05, 4.69) is 5.32 Å². The van der Waals surface area contributed by atoms with E-state index in [0.29, 0.717) is 12.2 Å². The van der Waals surface area contributed by atoms with E-state index in [-0.39, 0.29) is 11.9 Å². The van der Waals surface area contributed by atoms with E-state index in [9.17, 15) is 4.79 Å². The maximum atomic E-state index is 11.6. The van der Waals surface area contributed by atoms with E-state index >= 15 is 0 Å². The van der Waals surface area contributed by atoms with E-state index in [4.69, 9.17) is 4.74 Å². The van der Waals surface area contributed by atoms with Crippen LogP contribution in [0.3, 0.4) is 0 Å². The van der Waals surface area contributed by atoms with Gasteiger partial charge in [-0.3, -0.25) is 4.79 Å². The molecule has 76 valence electrons. The highest BCUT2D eigenvalue weighted by Crippen LogP contribution is 1.98. The lowest BCUT2D eigenvalue weighted by atomic mass is 10.2. The van der Waals surface area contributed by atoms with Crippen LogP contribution >= 0.6 is 0 Å². The number of benzene rings is 1. The van der Waals surface area contributed by atoms with Gasteiger partial charge in [-0.05, 0) is 19.1 Å². The van der Waals surface area contributed by atoms with Crippen molar-refractivity contribution in [3.8, 4) is 0 Å². The number of amides is 1. The molecule has 1 atom stereocenters. The van der Waals surface area contributed by atoms with Crippen LogP contribution < -0.4 is 5.32 Å². The Morgan fingerprint density at radius 3 is 2.64 bits per heavy atom. The Bertz CT molecular complexity index is 285. The maximum absolute atomic E-state index is 11.6. The predicted octanol–water partition coefficient (Wildman–Crippen LogP) is 1.45. The van der Waals surface area contributed by atoms with Crippen molar-refractivity contribution in [1.29, 1.82) is 0 Å². The van der Waals surface area contributed by atoms with Gasteiger partial charge in [-0.15, -0.1) is 0 Å². The molecule has 0 saturated carbocycles. The molecule has 0 unspecified atom stereocenters. The molecule has 0 heterocycles. The van der Waals surface area contributed by atoms with E-state index in [0.717, 1.165) is 0 Å². The van der Waals surface area contributed by atoms with Crippen LogP contribution in [0.15, 0.2) is 30.3 Å². The first-order chi connectivity index (χ1) is 6.74.